The van der Waals surface area contributed by atoms with Crippen molar-refractivity contribution in [1.29, 1.82) is 0 Å². The first-order chi connectivity index (χ1) is 10.5. The lowest BCUT2D eigenvalue weighted by Gasteiger charge is -2.12. The second-order valence-corrected chi connectivity index (χ2v) is 4.62. The van der Waals surface area contributed by atoms with E-state index in [0.717, 1.165) is 6.07 Å². The first kappa shape index (κ1) is 18.2. The molecule has 23 heavy (non-hydrogen) atoms. The highest BCUT2D eigenvalue weighted by Gasteiger charge is 2.12. The molecule has 2 rings (SSSR count). The van der Waals surface area contributed by atoms with Crippen molar-refractivity contribution in [1.82, 2.24) is 10.9 Å². The van der Waals surface area contributed by atoms with E-state index >= 15 is 0 Å². The summed E-state index contributed by atoms with van der Waals surface area (Å²) in [4.78, 5) is 11.8. The van der Waals surface area contributed by atoms with Gasteiger partial charge in [0.25, 0.3) is 5.91 Å². The maximum absolute atomic E-state index is 13.4. The van der Waals surface area contributed by atoms with Crippen molar-refractivity contribution < 1.29 is 19.4 Å². The van der Waals surface area contributed by atoms with Crippen molar-refractivity contribution in [3.05, 3.63) is 53.8 Å². The molecule has 0 spiro atoms. The molecule has 0 aromatic heterocycles. The third-order valence-electron chi connectivity index (χ3n) is 2.64. The number of carbonyl (C=O) groups excluding carboxylic acids is 1. The van der Waals surface area contributed by atoms with Gasteiger partial charge < -0.3 is 15.5 Å². The van der Waals surface area contributed by atoms with E-state index in [1.54, 1.807) is 6.07 Å². The minimum Gasteiger partial charge on any atom is -0.508 e. The third-order valence-corrected chi connectivity index (χ3v) is 2.84. The second-order valence-electron chi connectivity index (χ2n) is 4.21. The van der Waals surface area contributed by atoms with Crippen molar-refractivity contribution in [2.75, 3.05) is 5.32 Å². The number of rotatable bonds is 2. The van der Waals surface area contributed by atoms with Crippen molar-refractivity contribution in [2.45, 2.75) is 7.43 Å². The van der Waals surface area contributed by atoms with E-state index in [0.29, 0.717) is 0 Å². The summed E-state index contributed by atoms with van der Waals surface area (Å²) in [6.45, 7) is 0. The monoisotopic (exact) mass is 337 g/mol. The third kappa shape index (κ3) is 4.82. The minimum atomic E-state index is -0.671. The summed E-state index contributed by atoms with van der Waals surface area (Å²) in [5, 5.41) is 21.2. The highest BCUT2D eigenvalue weighted by Crippen LogP contribution is 2.22. The van der Waals surface area contributed by atoms with Crippen LogP contribution >= 0.6 is 12.2 Å². The summed E-state index contributed by atoms with van der Waals surface area (Å²) in [7, 11) is 0. The standard InChI is InChI=1S/C14H12FN3O3S.CH4/c15-10-3-1-2-4-11(10)16-14(22)18-17-13(21)9-6-5-8(19)7-12(9)20;/h1-7,19-20H,(H,17,21)(H2,16,18,22);1H4. The Hall–Kier alpha value is -2.87. The average molecular weight is 337 g/mol. The summed E-state index contributed by atoms with van der Waals surface area (Å²) in [6.07, 6.45) is 0. The highest BCUT2D eigenvalue weighted by molar-refractivity contribution is 7.80. The first-order valence-electron chi connectivity index (χ1n) is 6.11. The van der Waals surface area contributed by atoms with Crippen LogP contribution in [0.2, 0.25) is 0 Å². The van der Waals surface area contributed by atoms with E-state index in [1.807, 2.05) is 0 Å². The van der Waals surface area contributed by atoms with E-state index in [9.17, 15) is 14.3 Å². The van der Waals surface area contributed by atoms with E-state index in [1.165, 1.54) is 30.3 Å². The van der Waals surface area contributed by atoms with Crippen LogP contribution in [0.1, 0.15) is 17.8 Å². The first-order valence-corrected chi connectivity index (χ1v) is 6.52. The van der Waals surface area contributed by atoms with Gasteiger partial charge >= 0.3 is 0 Å². The van der Waals surface area contributed by atoms with Gasteiger partial charge in [-0.2, -0.15) is 0 Å². The Balaban J connectivity index is 0.00000264. The van der Waals surface area contributed by atoms with Gasteiger partial charge in [0.1, 0.15) is 17.3 Å². The number of nitrogens with one attached hydrogen (secondary N) is 3. The molecule has 5 N–H and O–H groups in total. The summed E-state index contributed by atoms with van der Waals surface area (Å²) < 4.78 is 13.4. The number of hydrazine groups is 1. The van der Waals surface area contributed by atoms with Gasteiger partial charge in [-0.3, -0.25) is 15.6 Å². The Morgan fingerprint density at radius 3 is 2.43 bits per heavy atom. The molecular formula is C15H16FN3O3S. The highest BCUT2D eigenvalue weighted by atomic mass is 32.1. The number of carbonyl (C=O) groups is 1. The predicted molar refractivity (Wildman–Crippen MR) is 89.7 cm³/mol. The molecule has 0 fully saturated rings. The zero-order valence-corrected chi connectivity index (χ0v) is 11.9. The van der Waals surface area contributed by atoms with Crippen molar-refractivity contribution in [3.63, 3.8) is 0 Å². The van der Waals surface area contributed by atoms with Crippen LogP contribution in [0, 0.1) is 5.82 Å². The van der Waals surface area contributed by atoms with Crippen LogP contribution in [0.25, 0.3) is 0 Å². The summed E-state index contributed by atoms with van der Waals surface area (Å²) >= 11 is 4.91. The molecule has 0 radical (unpaired) electrons. The van der Waals surface area contributed by atoms with Gasteiger partial charge in [0, 0.05) is 6.07 Å². The predicted octanol–water partition coefficient (Wildman–Crippen LogP) is 2.50. The summed E-state index contributed by atoms with van der Waals surface area (Å²) in [6, 6.07) is 9.44. The van der Waals surface area contributed by atoms with E-state index in [2.05, 4.69) is 16.2 Å². The number of thiocarbonyl (C=S) groups is 1. The van der Waals surface area contributed by atoms with E-state index in [4.69, 9.17) is 17.3 Å². The molecule has 0 saturated carbocycles. The van der Waals surface area contributed by atoms with Gasteiger partial charge in [-0.05, 0) is 36.5 Å². The van der Waals surface area contributed by atoms with Gasteiger partial charge in [-0.15, -0.1) is 0 Å². The Morgan fingerprint density at radius 2 is 1.78 bits per heavy atom. The molecule has 0 atom stereocenters. The quantitative estimate of drug-likeness (QED) is 0.427. The lowest BCUT2D eigenvalue weighted by Crippen LogP contribution is -2.43. The maximum atomic E-state index is 13.4. The van der Waals surface area contributed by atoms with Gasteiger partial charge in [0.05, 0.1) is 11.3 Å². The largest absolute Gasteiger partial charge is 0.508 e. The topological polar surface area (TPSA) is 93.6 Å². The van der Waals surface area contributed by atoms with Crippen LogP contribution in [0.4, 0.5) is 10.1 Å². The fourth-order valence-electron chi connectivity index (χ4n) is 1.61. The molecule has 0 aliphatic heterocycles. The van der Waals surface area contributed by atoms with Crippen LogP contribution < -0.4 is 16.2 Å². The normalized spacial score (nSPS) is 9.43. The number of phenolic OH excluding ortho intramolecular Hbond substituents is 2. The molecule has 0 heterocycles. The molecule has 6 nitrogen and oxygen atoms in total. The molecule has 122 valence electrons. The number of halogens is 1. The molecule has 0 bridgehead atoms. The smallest absolute Gasteiger partial charge is 0.273 e. The van der Waals surface area contributed by atoms with E-state index in [-0.39, 0.29) is 35.3 Å². The molecule has 0 aliphatic carbocycles. The lowest BCUT2D eigenvalue weighted by atomic mass is 10.2. The van der Waals surface area contributed by atoms with Crippen LogP contribution in [-0.2, 0) is 0 Å². The number of aromatic hydroxyl groups is 2. The average Bonchev–Trinajstić information content (AvgIpc) is 2.47. The number of para-hydroxylation sites is 1. The van der Waals surface area contributed by atoms with E-state index < -0.39 is 11.7 Å². The Morgan fingerprint density at radius 1 is 1.09 bits per heavy atom. The Labute approximate surface area is 137 Å². The number of hydrogen-bond donors (Lipinski definition) is 5. The molecule has 0 unspecified atom stereocenters. The number of benzene rings is 2. The SMILES string of the molecule is C.O=C(NNC(=S)Nc1ccccc1F)c1ccc(O)cc1O. The molecule has 0 aliphatic rings. The van der Waals surface area contributed by atoms with Crippen LogP contribution in [0.3, 0.4) is 0 Å². The number of hydrogen-bond acceptors (Lipinski definition) is 4. The van der Waals surface area contributed by atoms with Crippen molar-refractivity contribution in [2.24, 2.45) is 0 Å². The zero-order valence-electron chi connectivity index (χ0n) is 11.1. The Kier molecular flexibility index (Phi) is 6.28. The fraction of sp³-hybridized carbons (Fsp3) is 0.0667. The fourth-order valence-corrected chi connectivity index (χ4v) is 1.77. The van der Waals surface area contributed by atoms with Gasteiger partial charge in [-0.25, -0.2) is 4.39 Å². The van der Waals surface area contributed by atoms with Gasteiger partial charge in [0.15, 0.2) is 5.11 Å². The molecular weight excluding hydrogens is 321 g/mol. The van der Waals surface area contributed by atoms with Crippen LogP contribution in [0.5, 0.6) is 11.5 Å². The molecule has 8 heteroatoms. The molecule has 2 aromatic carbocycles. The Bertz CT molecular complexity index is 725. The zero-order chi connectivity index (χ0) is 16.1. The van der Waals surface area contributed by atoms with Crippen LogP contribution in [-0.4, -0.2) is 21.2 Å². The minimum absolute atomic E-state index is 0. The second kappa shape index (κ2) is 7.95. The van der Waals surface area contributed by atoms with Crippen molar-refractivity contribution >= 4 is 28.9 Å². The number of amides is 1. The molecule has 0 saturated heterocycles. The number of phenols is 2. The molecule has 1 amide bonds. The molecule has 2 aromatic rings. The maximum Gasteiger partial charge on any atom is 0.273 e. The van der Waals surface area contributed by atoms with Crippen LogP contribution in [0.15, 0.2) is 42.5 Å². The lowest BCUT2D eigenvalue weighted by molar-refractivity contribution is 0.0941. The van der Waals surface area contributed by atoms with Gasteiger partial charge in [-0.1, -0.05) is 19.6 Å². The van der Waals surface area contributed by atoms with Crippen molar-refractivity contribution in [3.8, 4) is 11.5 Å². The summed E-state index contributed by atoms with van der Waals surface area (Å²) in [5.41, 5.74) is 4.72. The summed E-state index contributed by atoms with van der Waals surface area (Å²) in [5.74, 6) is -1.71. The number of anilines is 1. The van der Waals surface area contributed by atoms with Gasteiger partial charge in [0.2, 0.25) is 0 Å².